The van der Waals surface area contributed by atoms with E-state index in [1.54, 1.807) is 4.49 Å². The molecule has 0 amide bonds. The van der Waals surface area contributed by atoms with Crippen LogP contribution in [0.3, 0.4) is 0 Å². The molecule has 0 spiro atoms. The van der Waals surface area contributed by atoms with Crippen molar-refractivity contribution >= 4 is 28.5 Å². The zero-order chi connectivity index (χ0) is 37.4. The zero-order valence-corrected chi connectivity index (χ0v) is 33.0. The number of hydrogen-bond acceptors (Lipinski definition) is 5. The molecule has 2 aliphatic carbocycles. The highest BCUT2D eigenvalue weighted by Gasteiger charge is 2.51. The van der Waals surface area contributed by atoms with Crippen LogP contribution < -0.4 is 13.5 Å². The van der Waals surface area contributed by atoms with Crippen LogP contribution >= 0.6 is 6.64 Å². The molecule has 0 aromatic heterocycles. The average molecular weight is 768 g/mol. The number of nitrogens with one attached hydrogen (secondary N) is 1. The predicted molar refractivity (Wildman–Crippen MR) is 207 cm³/mol. The van der Waals surface area contributed by atoms with Gasteiger partial charge in [0.1, 0.15) is 11.5 Å². The van der Waals surface area contributed by atoms with Gasteiger partial charge in [-0.25, -0.2) is 8.42 Å². The fourth-order valence-corrected chi connectivity index (χ4v) is 11.8. The fraction of sp³-hybridized carbons (Fsp3) is 0.415. The lowest BCUT2D eigenvalue weighted by molar-refractivity contribution is -0.0442. The van der Waals surface area contributed by atoms with Crippen LogP contribution in [0, 0.1) is 0 Å². The number of sulfonamides is 1. The third-order valence-corrected chi connectivity index (χ3v) is 15.0. The van der Waals surface area contributed by atoms with Crippen LogP contribution in [0.25, 0.3) is 33.4 Å². The van der Waals surface area contributed by atoms with Crippen molar-refractivity contribution in [3.8, 4) is 44.9 Å². The quantitative estimate of drug-likeness (QED) is 0.210. The van der Waals surface area contributed by atoms with E-state index in [-0.39, 0.29) is 22.3 Å². The van der Waals surface area contributed by atoms with E-state index < -0.39 is 22.2 Å². The van der Waals surface area contributed by atoms with E-state index in [4.69, 9.17) is 20.9 Å². The Morgan fingerprint density at radius 3 is 1.35 bits per heavy atom. The van der Waals surface area contributed by atoms with E-state index in [1.165, 1.54) is 0 Å². The van der Waals surface area contributed by atoms with Crippen LogP contribution in [0.2, 0.25) is 0 Å². The summed E-state index contributed by atoms with van der Waals surface area (Å²) in [5, 5.41) is 0. The Balaban J connectivity index is 1.58. The summed E-state index contributed by atoms with van der Waals surface area (Å²) in [6.07, 6.45) is 6.99. The number of alkyl halides is 3. The Kier molecular flexibility index (Phi) is 9.29. The molecule has 0 bridgehead atoms. The molecule has 276 valence electrons. The summed E-state index contributed by atoms with van der Waals surface area (Å²) >= 11 is 5.85. The van der Waals surface area contributed by atoms with E-state index >= 15 is 0 Å². The van der Waals surface area contributed by atoms with Gasteiger partial charge in [0.05, 0.1) is 0 Å². The lowest BCUT2D eigenvalue weighted by Gasteiger charge is -2.28. The molecule has 52 heavy (non-hydrogen) atoms. The number of benzene rings is 4. The maximum absolute atomic E-state index is 14.1. The van der Waals surface area contributed by atoms with Crippen molar-refractivity contribution in [2.75, 3.05) is 0 Å². The molecule has 1 aliphatic heterocycles. The Morgan fingerprint density at radius 2 is 1.00 bits per heavy atom. The van der Waals surface area contributed by atoms with E-state index in [9.17, 15) is 21.6 Å². The van der Waals surface area contributed by atoms with Gasteiger partial charge in [-0.15, -0.1) is 4.49 Å². The van der Waals surface area contributed by atoms with Crippen molar-refractivity contribution in [3.05, 3.63) is 94.0 Å². The van der Waals surface area contributed by atoms with Crippen molar-refractivity contribution < 1.29 is 30.6 Å². The van der Waals surface area contributed by atoms with Gasteiger partial charge in [-0.3, -0.25) is 0 Å². The van der Waals surface area contributed by atoms with Crippen LogP contribution in [0.1, 0.15) is 101 Å². The lowest BCUT2D eigenvalue weighted by atomic mass is 9.77. The van der Waals surface area contributed by atoms with Crippen molar-refractivity contribution in [1.82, 2.24) is 4.49 Å². The molecule has 0 saturated carbocycles. The first kappa shape index (κ1) is 37.2. The van der Waals surface area contributed by atoms with Gasteiger partial charge < -0.3 is 9.05 Å². The normalized spacial score (nSPS) is 17.1. The van der Waals surface area contributed by atoms with Gasteiger partial charge in [-0.2, -0.15) is 13.2 Å². The number of rotatable bonds is 4. The van der Waals surface area contributed by atoms with Crippen LogP contribution in [-0.2, 0) is 58.3 Å². The van der Waals surface area contributed by atoms with Gasteiger partial charge in [-0.05, 0) is 119 Å². The molecule has 4 aromatic rings. The topological polar surface area (TPSA) is 64.6 Å². The molecule has 1 heterocycles. The second-order valence-electron chi connectivity index (χ2n) is 16.3. The van der Waals surface area contributed by atoms with Gasteiger partial charge in [0.15, 0.2) is 0 Å². The van der Waals surface area contributed by atoms with E-state index in [0.717, 1.165) is 107 Å². The van der Waals surface area contributed by atoms with Gasteiger partial charge in [0.2, 0.25) is 0 Å². The molecule has 4 aromatic carbocycles. The van der Waals surface area contributed by atoms with Gasteiger partial charge in [0, 0.05) is 34.1 Å². The molecular weight excluding hydrogens is 723 g/mol. The van der Waals surface area contributed by atoms with Crippen molar-refractivity contribution in [2.24, 2.45) is 0 Å². The predicted octanol–water partition coefficient (Wildman–Crippen LogP) is 11.5. The first-order valence-corrected chi connectivity index (χ1v) is 22.1. The second kappa shape index (κ2) is 13.0. The number of aryl methyl sites for hydroxylation is 2. The van der Waals surface area contributed by atoms with E-state index in [1.807, 2.05) is 48.5 Å². The Morgan fingerprint density at radius 1 is 0.635 bits per heavy atom. The molecule has 0 unspecified atom stereocenters. The molecule has 7 rings (SSSR count). The van der Waals surface area contributed by atoms with Crippen LogP contribution in [0.4, 0.5) is 13.2 Å². The van der Waals surface area contributed by atoms with Crippen LogP contribution in [0.5, 0.6) is 11.5 Å². The summed E-state index contributed by atoms with van der Waals surface area (Å²) in [5.41, 5.74) is 5.19. The Hall–Kier alpha value is -3.17. The summed E-state index contributed by atoms with van der Waals surface area (Å²) in [7, 11) is -5.97. The Labute approximate surface area is 310 Å². The molecule has 0 radical (unpaired) electrons. The van der Waals surface area contributed by atoms with E-state index in [0.29, 0.717) is 11.1 Å². The van der Waals surface area contributed by atoms with E-state index in [2.05, 4.69) is 53.7 Å². The minimum absolute atomic E-state index is 0.105. The third kappa shape index (κ3) is 6.85. The standard InChI is InChI=1S/C41H45F3NO4PS2/c1-39(2,3)29-19-15-25(16-20-29)33-23-27-11-7-9-13-31(27)35-36-32-14-10-8-12-28(32)24-34(26-17-21-30(22-18-26)40(4,5)6)38(36)49-50(51,48-37(33)35)45-52(46,47)41(42,43)44/h15-24H,7-14H2,1-6H3,(H,45,51). The summed E-state index contributed by atoms with van der Waals surface area (Å²) in [4.78, 5) is 0. The lowest BCUT2D eigenvalue weighted by Crippen LogP contribution is -2.36. The van der Waals surface area contributed by atoms with Gasteiger partial charge >= 0.3 is 22.2 Å². The number of halogens is 3. The third-order valence-electron chi connectivity index (χ3n) is 10.5. The van der Waals surface area contributed by atoms with Crippen molar-refractivity contribution in [1.29, 1.82) is 0 Å². The summed E-state index contributed by atoms with van der Waals surface area (Å²) < 4.78 is 82.8. The van der Waals surface area contributed by atoms with Crippen LogP contribution in [-0.4, -0.2) is 13.9 Å². The summed E-state index contributed by atoms with van der Waals surface area (Å²) in [6, 6.07) is 20.3. The maximum atomic E-state index is 14.1. The number of fused-ring (bicyclic) bond motifs is 7. The monoisotopic (exact) mass is 767 g/mol. The molecule has 0 fully saturated rings. The molecular formula is C41H45F3NO4PS2. The fourth-order valence-electron chi connectivity index (χ4n) is 7.71. The molecule has 5 nitrogen and oxygen atoms in total. The summed E-state index contributed by atoms with van der Waals surface area (Å²) in [5.74, 6) is 0.535. The maximum Gasteiger partial charge on any atom is 0.511 e. The van der Waals surface area contributed by atoms with Crippen molar-refractivity contribution in [3.63, 3.8) is 0 Å². The largest absolute Gasteiger partial charge is 0.511 e. The molecule has 1 N–H and O–H groups in total. The SMILES string of the molecule is CC(C)(C)c1ccc(-c2cc3c(c4c2OP(=S)(NS(=O)(=O)C(F)(F)F)Oc2c(-c5ccc(C(C)(C)C)cc5)cc5c(c2-4)CCCC5)CCCC3)cc1. The smallest absolute Gasteiger partial charge is 0.423 e. The molecule has 0 saturated heterocycles. The van der Waals surface area contributed by atoms with Gasteiger partial charge in [0.25, 0.3) is 0 Å². The minimum Gasteiger partial charge on any atom is -0.423 e. The number of hydrogen-bond donors (Lipinski definition) is 1. The van der Waals surface area contributed by atoms with Crippen LogP contribution in [0.15, 0.2) is 60.7 Å². The first-order valence-electron chi connectivity index (χ1n) is 17.9. The highest BCUT2D eigenvalue weighted by molar-refractivity contribution is 8.14. The molecule has 0 atom stereocenters. The second-order valence-corrected chi connectivity index (χ2v) is 21.3. The average Bonchev–Trinajstić information content (AvgIpc) is 3.20. The highest BCUT2D eigenvalue weighted by Crippen LogP contribution is 2.62. The zero-order valence-electron chi connectivity index (χ0n) is 30.5. The van der Waals surface area contributed by atoms with Crippen molar-refractivity contribution in [2.45, 2.75) is 109 Å². The minimum atomic E-state index is -5.97. The first-order chi connectivity index (χ1) is 24.3. The molecule has 11 heteroatoms. The highest BCUT2D eigenvalue weighted by atomic mass is 32.5. The molecule has 3 aliphatic rings. The Bertz CT molecular complexity index is 2080. The summed E-state index contributed by atoms with van der Waals surface area (Å²) in [6.45, 7) is 8.27. The van der Waals surface area contributed by atoms with Gasteiger partial charge in [-0.1, -0.05) is 90.1 Å².